The van der Waals surface area contributed by atoms with E-state index in [4.69, 9.17) is 25.8 Å². The summed E-state index contributed by atoms with van der Waals surface area (Å²) < 4.78 is 26.2. The van der Waals surface area contributed by atoms with Crippen LogP contribution in [0.3, 0.4) is 0 Å². The van der Waals surface area contributed by atoms with Crippen LogP contribution in [0, 0.1) is 5.82 Å². The molecule has 5 N–H and O–H groups in total. The van der Waals surface area contributed by atoms with Gasteiger partial charge in [-0.1, -0.05) is 41.6 Å². The number of ether oxygens (including phenoxy) is 1. The minimum absolute atomic E-state index is 0.0600. The number of nitrogen functional groups attached to an aromatic ring is 1. The molecule has 0 saturated carbocycles. The molecule has 3 aromatic carbocycles. The van der Waals surface area contributed by atoms with Crippen molar-refractivity contribution in [3.63, 3.8) is 0 Å². The summed E-state index contributed by atoms with van der Waals surface area (Å²) in [6, 6.07) is 15.4. The zero-order valence-electron chi connectivity index (χ0n) is 16.5. The molecule has 0 atom stereocenters. The predicted octanol–water partition coefficient (Wildman–Crippen LogP) is 3.88. The number of rotatable bonds is 7. The summed E-state index contributed by atoms with van der Waals surface area (Å²) in [5, 5.41) is 13.4. The molecule has 31 heavy (non-hydrogen) atoms. The van der Waals surface area contributed by atoms with Crippen LogP contribution in [-0.2, 0) is 24.4 Å². The number of carboxylic acid groups (broad SMARTS) is 1. The maximum atomic E-state index is 15.0. The number of anilines is 1. The Kier molecular flexibility index (Phi) is 5.55. The number of aliphatic carboxylic acids is 1. The molecule has 1 heterocycles. The van der Waals surface area contributed by atoms with Gasteiger partial charge in [0.1, 0.15) is 18.2 Å². The topological polar surface area (TPSA) is 125 Å². The smallest absolute Gasteiger partial charge is 0.307 e. The van der Waals surface area contributed by atoms with Gasteiger partial charge in [-0.15, -0.1) is 0 Å². The fraction of sp³-hybridized carbons (Fsp3) is 0.130. The summed E-state index contributed by atoms with van der Waals surface area (Å²) in [6.07, 6.45) is -0.157. The number of halogens is 1. The lowest BCUT2D eigenvalue weighted by Gasteiger charge is -2.12. The Balaban J connectivity index is 1.74. The van der Waals surface area contributed by atoms with Gasteiger partial charge in [-0.05, 0) is 23.8 Å². The lowest BCUT2D eigenvalue weighted by molar-refractivity contribution is -0.136. The van der Waals surface area contributed by atoms with E-state index in [9.17, 15) is 9.18 Å². The maximum absolute atomic E-state index is 15.0. The van der Waals surface area contributed by atoms with Crippen LogP contribution in [-0.4, -0.2) is 16.2 Å². The third kappa shape index (κ3) is 4.06. The van der Waals surface area contributed by atoms with E-state index in [1.807, 2.05) is 0 Å². The first kappa shape index (κ1) is 20.4. The van der Waals surface area contributed by atoms with Crippen LogP contribution in [0.1, 0.15) is 16.7 Å². The Morgan fingerprint density at radius 3 is 2.65 bits per heavy atom. The summed E-state index contributed by atoms with van der Waals surface area (Å²) in [4.78, 5) is 11.1. The molecule has 4 rings (SSSR count). The summed E-state index contributed by atoms with van der Waals surface area (Å²) in [5.41, 5.74) is 14.4. The van der Waals surface area contributed by atoms with Crippen molar-refractivity contribution in [2.24, 2.45) is 5.73 Å². The lowest BCUT2D eigenvalue weighted by atomic mass is 9.98. The lowest BCUT2D eigenvalue weighted by Crippen LogP contribution is -2.04. The fourth-order valence-corrected chi connectivity index (χ4v) is 3.46. The Morgan fingerprint density at radius 2 is 1.87 bits per heavy atom. The highest BCUT2D eigenvalue weighted by Crippen LogP contribution is 2.35. The summed E-state index contributed by atoms with van der Waals surface area (Å²) in [6.45, 7) is 0.174. The van der Waals surface area contributed by atoms with E-state index in [1.165, 1.54) is 0 Å². The fourth-order valence-electron chi connectivity index (χ4n) is 3.46. The first-order chi connectivity index (χ1) is 15.0. The number of hydrogen-bond acceptors (Lipinski definition) is 6. The van der Waals surface area contributed by atoms with Crippen molar-refractivity contribution in [2.75, 3.05) is 5.73 Å². The van der Waals surface area contributed by atoms with Gasteiger partial charge in [-0.25, -0.2) is 4.39 Å². The maximum Gasteiger partial charge on any atom is 0.307 e. The first-order valence-corrected chi connectivity index (χ1v) is 9.56. The molecule has 8 heteroatoms. The molecule has 7 nitrogen and oxygen atoms in total. The van der Waals surface area contributed by atoms with Gasteiger partial charge in [0.25, 0.3) is 0 Å². The normalized spacial score (nSPS) is 11.0. The molecule has 0 bridgehead atoms. The zero-order valence-corrected chi connectivity index (χ0v) is 16.5. The second-order valence-electron chi connectivity index (χ2n) is 7.04. The van der Waals surface area contributed by atoms with E-state index >= 15 is 0 Å². The average molecular weight is 421 g/mol. The molecule has 0 spiro atoms. The van der Waals surface area contributed by atoms with Gasteiger partial charge in [0.15, 0.2) is 11.4 Å². The van der Waals surface area contributed by atoms with E-state index in [0.29, 0.717) is 44.5 Å². The van der Waals surface area contributed by atoms with Crippen LogP contribution in [0.2, 0.25) is 0 Å². The van der Waals surface area contributed by atoms with Gasteiger partial charge in [0.05, 0.1) is 11.8 Å². The molecular formula is C23H20FN3O4. The highest BCUT2D eigenvalue weighted by atomic mass is 19.1. The monoisotopic (exact) mass is 421 g/mol. The average Bonchev–Trinajstić information content (AvgIpc) is 3.13. The van der Waals surface area contributed by atoms with Crippen molar-refractivity contribution in [2.45, 2.75) is 19.6 Å². The minimum atomic E-state index is -0.952. The molecule has 0 radical (unpaired) electrons. The molecule has 0 saturated heterocycles. The Hall–Kier alpha value is -3.91. The van der Waals surface area contributed by atoms with Crippen molar-refractivity contribution in [1.29, 1.82) is 0 Å². The Bertz CT molecular complexity index is 1270. The molecule has 0 aliphatic rings. The third-order valence-electron chi connectivity index (χ3n) is 4.96. The number of carbonyl (C=O) groups is 1. The number of carboxylic acids is 1. The second kappa shape index (κ2) is 8.45. The molecule has 0 amide bonds. The summed E-state index contributed by atoms with van der Waals surface area (Å²) in [7, 11) is 0. The SMILES string of the molecule is NCc1cccc(-c2cc(COc3ccccc3CC(=O)O)cc3c(N)noc23)c1F. The van der Waals surface area contributed by atoms with Crippen molar-refractivity contribution < 1.29 is 23.6 Å². The van der Waals surface area contributed by atoms with E-state index in [-0.39, 0.29) is 25.4 Å². The van der Waals surface area contributed by atoms with Crippen LogP contribution >= 0.6 is 0 Å². The standard InChI is InChI=1S/C23H20FN3O4/c24-21-15(11-25)5-3-6-16(21)17-8-13(9-18-22(17)31-27-23(18)26)12-30-19-7-2-1-4-14(19)10-20(28)29/h1-9H,10-12,25H2,(H2,26,27)(H,28,29). The first-order valence-electron chi connectivity index (χ1n) is 9.56. The second-order valence-corrected chi connectivity index (χ2v) is 7.04. The van der Waals surface area contributed by atoms with Crippen molar-refractivity contribution in [3.8, 4) is 16.9 Å². The number of fused-ring (bicyclic) bond motifs is 1. The quantitative estimate of drug-likeness (QED) is 0.413. The third-order valence-corrected chi connectivity index (χ3v) is 4.96. The number of benzene rings is 3. The van der Waals surface area contributed by atoms with Gasteiger partial charge in [-0.2, -0.15) is 0 Å². The molecule has 0 aliphatic heterocycles. The molecule has 1 aromatic heterocycles. The Morgan fingerprint density at radius 1 is 1.10 bits per heavy atom. The largest absolute Gasteiger partial charge is 0.489 e. The van der Waals surface area contributed by atoms with Crippen molar-refractivity contribution in [3.05, 3.63) is 77.1 Å². The van der Waals surface area contributed by atoms with E-state index in [2.05, 4.69) is 5.16 Å². The molecular weight excluding hydrogens is 401 g/mol. The Labute approximate surface area is 177 Å². The predicted molar refractivity (Wildman–Crippen MR) is 114 cm³/mol. The van der Waals surface area contributed by atoms with Gasteiger partial charge in [0, 0.05) is 28.8 Å². The molecule has 158 valence electrons. The number of nitrogens with two attached hydrogens (primary N) is 2. The number of aromatic nitrogens is 1. The molecule has 0 aliphatic carbocycles. The molecule has 4 aromatic rings. The summed E-state index contributed by atoms with van der Waals surface area (Å²) in [5.74, 6) is -0.751. The highest BCUT2D eigenvalue weighted by molar-refractivity contribution is 5.98. The molecule has 0 fully saturated rings. The number of nitrogens with zero attached hydrogens (tertiary/aromatic N) is 1. The van der Waals surface area contributed by atoms with Crippen molar-refractivity contribution in [1.82, 2.24) is 5.16 Å². The van der Waals surface area contributed by atoms with E-state index in [0.717, 1.165) is 0 Å². The minimum Gasteiger partial charge on any atom is -0.489 e. The van der Waals surface area contributed by atoms with Gasteiger partial charge >= 0.3 is 5.97 Å². The van der Waals surface area contributed by atoms with Crippen LogP contribution in [0.5, 0.6) is 5.75 Å². The number of para-hydroxylation sites is 1. The molecule has 0 unspecified atom stereocenters. The highest BCUT2D eigenvalue weighted by Gasteiger charge is 2.18. The van der Waals surface area contributed by atoms with Gasteiger partial charge < -0.3 is 25.8 Å². The number of hydrogen-bond donors (Lipinski definition) is 3. The summed E-state index contributed by atoms with van der Waals surface area (Å²) >= 11 is 0. The van der Waals surface area contributed by atoms with E-state index in [1.54, 1.807) is 54.6 Å². The van der Waals surface area contributed by atoms with Crippen LogP contribution in [0.15, 0.2) is 59.1 Å². The van der Waals surface area contributed by atoms with Gasteiger partial charge in [-0.3, -0.25) is 4.79 Å². The van der Waals surface area contributed by atoms with Crippen molar-refractivity contribution >= 4 is 22.8 Å². The van der Waals surface area contributed by atoms with Gasteiger partial charge in [0.2, 0.25) is 0 Å². The zero-order chi connectivity index (χ0) is 22.0. The van der Waals surface area contributed by atoms with Crippen LogP contribution < -0.4 is 16.2 Å². The van der Waals surface area contributed by atoms with E-state index < -0.39 is 11.8 Å². The van der Waals surface area contributed by atoms with Crippen LogP contribution in [0.4, 0.5) is 10.2 Å². The van der Waals surface area contributed by atoms with Crippen LogP contribution in [0.25, 0.3) is 22.1 Å².